The average Bonchev–Trinajstić information content (AvgIpc) is 2.34. The molecule has 0 atom stereocenters. The van der Waals surface area contributed by atoms with E-state index in [-0.39, 0.29) is 17.1 Å². The van der Waals surface area contributed by atoms with Crippen LogP contribution in [0, 0.1) is 0 Å². The Morgan fingerprint density at radius 2 is 1.90 bits per heavy atom. The van der Waals surface area contributed by atoms with Crippen molar-refractivity contribution < 1.29 is 9.53 Å². The predicted molar refractivity (Wildman–Crippen MR) is 77.3 cm³/mol. The van der Waals surface area contributed by atoms with E-state index in [1.165, 1.54) is 0 Å². The fourth-order valence-corrected chi connectivity index (χ4v) is 2.77. The van der Waals surface area contributed by atoms with Gasteiger partial charge in [-0.25, -0.2) is 0 Å². The monoisotopic (exact) mass is 277 g/mol. The van der Waals surface area contributed by atoms with Crippen molar-refractivity contribution in [1.82, 2.24) is 9.88 Å². The standard InChI is InChI=1S/C15H23N3O2/c1-14(2)9-18(10-15(3,4)20-14)13(19)12-6-5-11(7-16)8-17-12/h5-6,8H,7,9-10,16H2,1-4H3. The number of hydrogen-bond acceptors (Lipinski definition) is 4. The highest BCUT2D eigenvalue weighted by atomic mass is 16.5. The van der Waals surface area contributed by atoms with Gasteiger partial charge in [0.05, 0.1) is 11.2 Å². The molecule has 1 aromatic rings. The maximum absolute atomic E-state index is 12.6. The summed E-state index contributed by atoms with van der Waals surface area (Å²) in [6.07, 6.45) is 1.66. The molecule has 1 aliphatic heterocycles. The maximum atomic E-state index is 12.6. The Morgan fingerprint density at radius 1 is 1.30 bits per heavy atom. The zero-order chi connectivity index (χ0) is 15.0. The molecule has 0 saturated carbocycles. The van der Waals surface area contributed by atoms with E-state index < -0.39 is 0 Å². The van der Waals surface area contributed by atoms with Crippen molar-refractivity contribution in [3.05, 3.63) is 29.6 Å². The summed E-state index contributed by atoms with van der Waals surface area (Å²) in [7, 11) is 0. The summed E-state index contributed by atoms with van der Waals surface area (Å²) in [5.74, 6) is -0.0574. The Hall–Kier alpha value is -1.46. The van der Waals surface area contributed by atoms with Crippen LogP contribution in [-0.2, 0) is 11.3 Å². The van der Waals surface area contributed by atoms with Crippen molar-refractivity contribution in [2.45, 2.75) is 45.4 Å². The molecule has 2 heterocycles. The highest BCUT2D eigenvalue weighted by molar-refractivity contribution is 5.92. The quantitative estimate of drug-likeness (QED) is 0.891. The first kappa shape index (κ1) is 14.9. The van der Waals surface area contributed by atoms with Gasteiger partial charge in [-0.1, -0.05) is 6.07 Å². The number of nitrogens with two attached hydrogens (primary N) is 1. The third-order valence-corrected chi connectivity index (χ3v) is 3.26. The molecule has 0 radical (unpaired) electrons. The minimum Gasteiger partial charge on any atom is -0.366 e. The van der Waals surface area contributed by atoms with Gasteiger partial charge in [0.2, 0.25) is 0 Å². The third kappa shape index (κ3) is 3.35. The van der Waals surface area contributed by atoms with Gasteiger partial charge in [0.25, 0.3) is 5.91 Å². The summed E-state index contributed by atoms with van der Waals surface area (Å²) in [6, 6.07) is 3.58. The summed E-state index contributed by atoms with van der Waals surface area (Å²) >= 11 is 0. The van der Waals surface area contributed by atoms with Gasteiger partial charge in [-0.15, -0.1) is 0 Å². The number of ether oxygens (including phenoxy) is 1. The van der Waals surface area contributed by atoms with Crippen LogP contribution in [0.1, 0.15) is 43.7 Å². The summed E-state index contributed by atoms with van der Waals surface area (Å²) < 4.78 is 5.98. The molecule has 0 bridgehead atoms. The van der Waals surface area contributed by atoms with Gasteiger partial charge >= 0.3 is 0 Å². The van der Waals surface area contributed by atoms with Crippen LogP contribution in [0.15, 0.2) is 18.3 Å². The zero-order valence-corrected chi connectivity index (χ0v) is 12.6. The largest absolute Gasteiger partial charge is 0.366 e. The number of morpholine rings is 1. The first-order valence-electron chi connectivity index (χ1n) is 6.87. The van der Waals surface area contributed by atoms with Crippen molar-refractivity contribution in [3.63, 3.8) is 0 Å². The van der Waals surface area contributed by atoms with Crippen LogP contribution in [-0.4, -0.2) is 40.1 Å². The van der Waals surface area contributed by atoms with Gasteiger partial charge in [-0.2, -0.15) is 0 Å². The molecule has 1 saturated heterocycles. The highest BCUT2D eigenvalue weighted by Crippen LogP contribution is 2.28. The molecule has 1 aromatic heterocycles. The van der Waals surface area contributed by atoms with Crippen molar-refractivity contribution in [1.29, 1.82) is 0 Å². The number of carbonyl (C=O) groups is 1. The minimum absolute atomic E-state index is 0.0574. The van der Waals surface area contributed by atoms with E-state index in [9.17, 15) is 4.79 Å². The minimum atomic E-state index is -0.353. The molecule has 1 amide bonds. The van der Waals surface area contributed by atoms with Gasteiger partial charge in [0.1, 0.15) is 5.69 Å². The van der Waals surface area contributed by atoms with Crippen LogP contribution in [0.5, 0.6) is 0 Å². The molecule has 0 spiro atoms. The summed E-state index contributed by atoms with van der Waals surface area (Å²) in [5, 5.41) is 0. The molecular formula is C15H23N3O2. The van der Waals surface area contributed by atoms with Gasteiger partial charge in [0, 0.05) is 25.8 Å². The normalized spacial score (nSPS) is 20.8. The van der Waals surface area contributed by atoms with Crippen LogP contribution in [0.25, 0.3) is 0 Å². The number of carbonyl (C=O) groups excluding carboxylic acids is 1. The van der Waals surface area contributed by atoms with Gasteiger partial charge in [0.15, 0.2) is 0 Å². The van der Waals surface area contributed by atoms with Crippen LogP contribution < -0.4 is 5.73 Å². The number of amides is 1. The molecule has 0 aliphatic carbocycles. The van der Waals surface area contributed by atoms with E-state index in [1.54, 1.807) is 12.3 Å². The zero-order valence-electron chi connectivity index (χ0n) is 12.6. The molecule has 0 unspecified atom stereocenters. The summed E-state index contributed by atoms with van der Waals surface area (Å²) in [4.78, 5) is 18.6. The first-order valence-corrected chi connectivity index (χ1v) is 6.87. The number of hydrogen-bond donors (Lipinski definition) is 1. The second kappa shape index (κ2) is 5.14. The third-order valence-electron chi connectivity index (χ3n) is 3.26. The van der Waals surface area contributed by atoms with E-state index >= 15 is 0 Å². The molecule has 5 heteroatoms. The average molecular weight is 277 g/mol. The summed E-state index contributed by atoms with van der Waals surface area (Å²) in [6.45, 7) is 9.56. The Bertz CT molecular complexity index is 478. The Labute approximate surface area is 120 Å². The second-order valence-corrected chi connectivity index (χ2v) is 6.54. The molecule has 1 fully saturated rings. The fourth-order valence-electron chi connectivity index (χ4n) is 2.77. The molecule has 5 nitrogen and oxygen atoms in total. The molecule has 1 aliphatic rings. The van der Waals surface area contributed by atoms with Crippen molar-refractivity contribution in [2.75, 3.05) is 13.1 Å². The van der Waals surface area contributed by atoms with Crippen LogP contribution in [0.4, 0.5) is 0 Å². The van der Waals surface area contributed by atoms with Crippen molar-refractivity contribution in [3.8, 4) is 0 Å². The molecular weight excluding hydrogens is 254 g/mol. The topological polar surface area (TPSA) is 68.5 Å². The number of aromatic nitrogens is 1. The van der Waals surface area contributed by atoms with Gasteiger partial charge in [-0.3, -0.25) is 9.78 Å². The molecule has 2 N–H and O–H groups in total. The van der Waals surface area contributed by atoms with Crippen LogP contribution >= 0.6 is 0 Å². The van der Waals surface area contributed by atoms with E-state index in [4.69, 9.17) is 10.5 Å². The first-order chi connectivity index (χ1) is 9.22. The van der Waals surface area contributed by atoms with Crippen molar-refractivity contribution in [2.24, 2.45) is 5.73 Å². The lowest BCUT2D eigenvalue weighted by Gasteiger charge is -2.47. The van der Waals surface area contributed by atoms with Crippen LogP contribution in [0.3, 0.4) is 0 Å². The van der Waals surface area contributed by atoms with Gasteiger partial charge in [-0.05, 0) is 39.3 Å². The number of nitrogens with zero attached hydrogens (tertiary/aromatic N) is 2. The second-order valence-electron chi connectivity index (χ2n) is 6.54. The van der Waals surface area contributed by atoms with Crippen molar-refractivity contribution >= 4 is 5.91 Å². The van der Waals surface area contributed by atoms with E-state index in [0.29, 0.717) is 25.3 Å². The lowest BCUT2D eigenvalue weighted by molar-refractivity contribution is -0.171. The van der Waals surface area contributed by atoms with E-state index in [1.807, 2.05) is 38.7 Å². The molecule has 2 rings (SSSR count). The lowest BCUT2D eigenvalue weighted by Crippen LogP contribution is -2.58. The summed E-state index contributed by atoms with van der Waals surface area (Å²) in [5.41, 5.74) is 6.21. The van der Waals surface area contributed by atoms with Crippen LogP contribution in [0.2, 0.25) is 0 Å². The Balaban J connectivity index is 2.19. The fraction of sp³-hybridized carbons (Fsp3) is 0.600. The molecule has 110 valence electrons. The molecule has 0 aromatic carbocycles. The van der Waals surface area contributed by atoms with Gasteiger partial charge < -0.3 is 15.4 Å². The highest BCUT2D eigenvalue weighted by Gasteiger charge is 2.40. The SMILES string of the molecule is CC1(C)CN(C(=O)c2ccc(CN)cn2)CC(C)(C)O1. The predicted octanol–water partition coefficient (Wildman–Crippen LogP) is 1.57. The number of pyridine rings is 1. The molecule has 20 heavy (non-hydrogen) atoms. The lowest BCUT2D eigenvalue weighted by atomic mass is 9.98. The van der Waals surface area contributed by atoms with E-state index in [2.05, 4.69) is 4.98 Å². The van der Waals surface area contributed by atoms with E-state index in [0.717, 1.165) is 5.56 Å². The Kier molecular flexibility index (Phi) is 3.84. The number of rotatable bonds is 2. The smallest absolute Gasteiger partial charge is 0.272 e. The Morgan fingerprint density at radius 3 is 2.35 bits per heavy atom. The maximum Gasteiger partial charge on any atom is 0.272 e.